The minimum atomic E-state index is 0.116. The molecule has 3 nitrogen and oxygen atoms in total. The summed E-state index contributed by atoms with van der Waals surface area (Å²) in [4.78, 5) is 14.5. The summed E-state index contributed by atoms with van der Waals surface area (Å²) >= 11 is 0. The Morgan fingerprint density at radius 2 is 1.94 bits per heavy atom. The highest BCUT2D eigenvalue weighted by Crippen LogP contribution is 2.38. The number of carbonyl (C=O) groups is 1. The number of anilines is 1. The van der Waals surface area contributed by atoms with Gasteiger partial charge in [-0.1, -0.05) is 18.1 Å². The molecule has 0 spiro atoms. The van der Waals surface area contributed by atoms with Crippen LogP contribution >= 0.6 is 0 Å². The summed E-state index contributed by atoms with van der Waals surface area (Å²) in [6, 6.07) is 5.69. The Kier molecular flexibility index (Phi) is 2.77. The second-order valence-electron chi connectivity index (χ2n) is 5.75. The normalized spacial score (nSPS) is 26.4. The van der Waals surface area contributed by atoms with Crippen molar-refractivity contribution in [1.29, 1.82) is 0 Å². The molecule has 1 heterocycles. The molecule has 18 heavy (non-hydrogen) atoms. The van der Waals surface area contributed by atoms with Crippen LogP contribution in [0, 0.1) is 18.8 Å². The third-order valence-electron chi connectivity index (χ3n) is 4.45. The molecule has 96 valence electrons. The number of aryl methyl sites for hydroxylation is 1. The molecule has 2 atom stereocenters. The molecule has 2 unspecified atom stereocenters. The lowest BCUT2D eigenvalue weighted by Crippen LogP contribution is -2.30. The van der Waals surface area contributed by atoms with Crippen LogP contribution in [0.1, 0.15) is 35.2 Å². The van der Waals surface area contributed by atoms with Gasteiger partial charge in [0.2, 0.25) is 0 Å². The van der Waals surface area contributed by atoms with Crippen molar-refractivity contribution >= 4 is 11.6 Å². The van der Waals surface area contributed by atoms with E-state index in [4.69, 9.17) is 5.73 Å². The Bertz CT molecular complexity index is 471. The second-order valence-corrected chi connectivity index (χ2v) is 5.75. The van der Waals surface area contributed by atoms with Crippen LogP contribution in [-0.4, -0.2) is 23.9 Å². The summed E-state index contributed by atoms with van der Waals surface area (Å²) in [6.07, 6.45) is 3.92. The molecule has 3 rings (SSSR count). The maximum absolute atomic E-state index is 12.5. The number of nitrogens with zero attached hydrogens (tertiary/aromatic N) is 1. The highest BCUT2D eigenvalue weighted by molar-refractivity contribution is 5.99. The number of amides is 1. The summed E-state index contributed by atoms with van der Waals surface area (Å²) in [5.41, 5.74) is 8.29. The number of hydrogen-bond acceptors (Lipinski definition) is 2. The lowest BCUT2D eigenvalue weighted by atomic mass is 10.0. The fourth-order valence-electron chi connectivity index (χ4n) is 3.43. The molecule has 1 aliphatic carbocycles. The maximum atomic E-state index is 12.5. The third-order valence-corrected chi connectivity index (χ3v) is 4.45. The van der Waals surface area contributed by atoms with E-state index in [1.165, 1.54) is 19.3 Å². The molecule has 1 aromatic carbocycles. The number of fused-ring (bicyclic) bond motifs is 1. The van der Waals surface area contributed by atoms with E-state index in [1.54, 1.807) is 0 Å². The molecule has 2 fully saturated rings. The average Bonchev–Trinajstić information content (AvgIpc) is 2.91. The molecule has 0 radical (unpaired) electrons. The van der Waals surface area contributed by atoms with E-state index in [0.717, 1.165) is 30.5 Å². The van der Waals surface area contributed by atoms with Crippen molar-refractivity contribution in [2.24, 2.45) is 11.8 Å². The van der Waals surface area contributed by atoms with Gasteiger partial charge in [-0.2, -0.15) is 0 Å². The van der Waals surface area contributed by atoms with Gasteiger partial charge in [0.1, 0.15) is 0 Å². The molecule has 3 heteroatoms. The standard InChI is InChI=1S/C15H20N2O/c1-10-5-6-14(16)13(7-10)15(18)17-8-11-3-2-4-12(11)9-17/h5-7,11-12H,2-4,8-9,16H2,1H3. The number of nitrogens with two attached hydrogens (primary N) is 1. The van der Waals surface area contributed by atoms with Gasteiger partial charge in [0.25, 0.3) is 5.91 Å². The topological polar surface area (TPSA) is 46.3 Å². The van der Waals surface area contributed by atoms with Crippen LogP contribution in [0.3, 0.4) is 0 Å². The van der Waals surface area contributed by atoms with E-state index in [-0.39, 0.29) is 5.91 Å². The predicted molar refractivity (Wildman–Crippen MR) is 72.3 cm³/mol. The fraction of sp³-hybridized carbons (Fsp3) is 0.533. The highest BCUT2D eigenvalue weighted by atomic mass is 16.2. The lowest BCUT2D eigenvalue weighted by Gasteiger charge is -2.18. The van der Waals surface area contributed by atoms with Crippen molar-refractivity contribution in [3.8, 4) is 0 Å². The van der Waals surface area contributed by atoms with Gasteiger partial charge in [-0.3, -0.25) is 4.79 Å². The van der Waals surface area contributed by atoms with Crippen LogP contribution < -0.4 is 5.73 Å². The average molecular weight is 244 g/mol. The van der Waals surface area contributed by atoms with Gasteiger partial charge in [0, 0.05) is 18.8 Å². The predicted octanol–water partition coefficient (Wildman–Crippen LogP) is 2.45. The van der Waals surface area contributed by atoms with E-state index in [1.807, 2.05) is 30.0 Å². The molecule has 1 saturated carbocycles. The van der Waals surface area contributed by atoms with Crippen molar-refractivity contribution < 1.29 is 4.79 Å². The van der Waals surface area contributed by atoms with Crippen LogP contribution in [0.25, 0.3) is 0 Å². The first-order valence-electron chi connectivity index (χ1n) is 6.80. The molecule has 1 amide bonds. The number of likely N-dealkylation sites (tertiary alicyclic amines) is 1. The number of hydrogen-bond donors (Lipinski definition) is 1. The van der Waals surface area contributed by atoms with Crippen molar-refractivity contribution in [3.63, 3.8) is 0 Å². The Morgan fingerprint density at radius 1 is 1.28 bits per heavy atom. The van der Waals surface area contributed by atoms with E-state index in [9.17, 15) is 4.79 Å². The van der Waals surface area contributed by atoms with Crippen LogP contribution in [0.5, 0.6) is 0 Å². The van der Waals surface area contributed by atoms with Crippen LogP contribution in [0.15, 0.2) is 18.2 Å². The number of nitrogen functional groups attached to an aromatic ring is 1. The summed E-state index contributed by atoms with van der Waals surface area (Å²) in [5, 5.41) is 0. The van der Waals surface area contributed by atoms with Crippen molar-refractivity contribution in [1.82, 2.24) is 4.90 Å². The van der Waals surface area contributed by atoms with Gasteiger partial charge >= 0.3 is 0 Å². The molecule has 2 N–H and O–H groups in total. The number of benzene rings is 1. The number of carbonyl (C=O) groups excluding carboxylic acids is 1. The van der Waals surface area contributed by atoms with Gasteiger partial charge in [0.15, 0.2) is 0 Å². The molecule has 2 aliphatic rings. The summed E-state index contributed by atoms with van der Waals surface area (Å²) in [7, 11) is 0. The quantitative estimate of drug-likeness (QED) is 0.771. The second kappa shape index (κ2) is 4.30. The van der Waals surface area contributed by atoms with Gasteiger partial charge < -0.3 is 10.6 Å². The van der Waals surface area contributed by atoms with Crippen molar-refractivity contribution in [2.45, 2.75) is 26.2 Å². The zero-order valence-corrected chi connectivity index (χ0v) is 10.9. The van der Waals surface area contributed by atoms with Crippen molar-refractivity contribution in [2.75, 3.05) is 18.8 Å². The third kappa shape index (κ3) is 1.88. The zero-order chi connectivity index (χ0) is 12.7. The van der Waals surface area contributed by atoms with Crippen molar-refractivity contribution in [3.05, 3.63) is 29.3 Å². The van der Waals surface area contributed by atoms with Crippen LogP contribution in [-0.2, 0) is 0 Å². The SMILES string of the molecule is Cc1ccc(N)c(C(=O)N2CC3CCCC3C2)c1. The lowest BCUT2D eigenvalue weighted by molar-refractivity contribution is 0.0781. The summed E-state index contributed by atoms with van der Waals surface area (Å²) in [6.45, 7) is 3.85. The van der Waals surface area contributed by atoms with Crippen LogP contribution in [0.2, 0.25) is 0 Å². The smallest absolute Gasteiger partial charge is 0.255 e. The largest absolute Gasteiger partial charge is 0.398 e. The first-order chi connectivity index (χ1) is 8.65. The Balaban J connectivity index is 1.81. The van der Waals surface area contributed by atoms with E-state index in [2.05, 4.69) is 0 Å². The molecule has 0 bridgehead atoms. The fourth-order valence-corrected chi connectivity index (χ4v) is 3.43. The van der Waals surface area contributed by atoms with E-state index < -0.39 is 0 Å². The number of rotatable bonds is 1. The zero-order valence-electron chi connectivity index (χ0n) is 10.9. The summed E-state index contributed by atoms with van der Waals surface area (Å²) < 4.78 is 0. The van der Waals surface area contributed by atoms with E-state index in [0.29, 0.717) is 11.3 Å². The first-order valence-corrected chi connectivity index (χ1v) is 6.80. The van der Waals surface area contributed by atoms with Gasteiger partial charge in [0.05, 0.1) is 5.56 Å². The molecular weight excluding hydrogens is 224 g/mol. The molecular formula is C15H20N2O. The monoisotopic (exact) mass is 244 g/mol. The molecule has 1 aliphatic heterocycles. The van der Waals surface area contributed by atoms with Gasteiger partial charge in [-0.25, -0.2) is 0 Å². The van der Waals surface area contributed by atoms with Gasteiger partial charge in [-0.05, 0) is 43.7 Å². The molecule has 1 aromatic rings. The van der Waals surface area contributed by atoms with Crippen LogP contribution in [0.4, 0.5) is 5.69 Å². The minimum Gasteiger partial charge on any atom is -0.398 e. The maximum Gasteiger partial charge on any atom is 0.255 e. The molecule has 1 saturated heterocycles. The highest BCUT2D eigenvalue weighted by Gasteiger charge is 2.38. The first kappa shape index (κ1) is 11.6. The molecule has 0 aromatic heterocycles. The van der Waals surface area contributed by atoms with Gasteiger partial charge in [-0.15, -0.1) is 0 Å². The van der Waals surface area contributed by atoms with E-state index >= 15 is 0 Å². The Labute approximate surface area is 108 Å². The summed E-state index contributed by atoms with van der Waals surface area (Å²) in [5.74, 6) is 1.59. The Hall–Kier alpha value is -1.51. The Morgan fingerprint density at radius 3 is 2.61 bits per heavy atom. The minimum absolute atomic E-state index is 0.116.